The Morgan fingerprint density at radius 3 is 2.62 bits per heavy atom. The van der Waals surface area contributed by atoms with E-state index < -0.39 is 6.04 Å². The van der Waals surface area contributed by atoms with Gasteiger partial charge in [0.25, 0.3) is 0 Å². The molecule has 132 valence electrons. The Kier molecular flexibility index (Phi) is 6.06. The molecule has 1 aliphatic heterocycles. The third kappa shape index (κ3) is 3.80. The second kappa shape index (κ2) is 8.04. The lowest BCUT2D eigenvalue weighted by atomic mass is 10.1. The number of carbonyl (C=O) groups is 2. The van der Waals surface area contributed by atoms with E-state index in [9.17, 15) is 9.59 Å². The first-order valence-corrected chi connectivity index (χ1v) is 8.33. The predicted octanol–water partition coefficient (Wildman–Crippen LogP) is 2.28. The number of benzene rings is 1. The van der Waals surface area contributed by atoms with Crippen molar-refractivity contribution >= 4 is 11.8 Å². The molecular formula is C18H26N2O4. The molecule has 2 rings (SSSR count). The van der Waals surface area contributed by atoms with E-state index in [2.05, 4.69) is 5.32 Å². The molecule has 1 N–H and O–H groups in total. The third-order valence-electron chi connectivity index (χ3n) is 4.44. The maximum atomic E-state index is 12.7. The molecule has 24 heavy (non-hydrogen) atoms. The van der Waals surface area contributed by atoms with Crippen molar-refractivity contribution in [1.82, 2.24) is 10.2 Å². The van der Waals surface area contributed by atoms with Crippen molar-refractivity contribution in [2.45, 2.75) is 45.2 Å². The zero-order chi connectivity index (χ0) is 17.7. The Hall–Kier alpha value is -2.24. The Morgan fingerprint density at radius 1 is 1.33 bits per heavy atom. The van der Waals surface area contributed by atoms with Gasteiger partial charge in [0.05, 0.1) is 20.3 Å². The Morgan fingerprint density at radius 2 is 2.08 bits per heavy atom. The van der Waals surface area contributed by atoms with Gasteiger partial charge in [0.15, 0.2) is 0 Å². The van der Waals surface area contributed by atoms with Crippen LogP contribution in [0.3, 0.4) is 0 Å². The molecule has 1 aromatic carbocycles. The van der Waals surface area contributed by atoms with Crippen LogP contribution in [0.15, 0.2) is 18.2 Å². The molecule has 1 aromatic rings. The van der Waals surface area contributed by atoms with Gasteiger partial charge in [-0.15, -0.1) is 0 Å². The van der Waals surface area contributed by atoms with Gasteiger partial charge in [-0.25, -0.2) is 0 Å². The average Bonchev–Trinajstić information content (AvgIpc) is 3.00. The summed E-state index contributed by atoms with van der Waals surface area (Å²) in [6.07, 6.45) is 1.95. The largest absolute Gasteiger partial charge is 0.497 e. The van der Waals surface area contributed by atoms with Gasteiger partial charge in [0.2, 0.25) is 11.8 Å². The highest BCUT2D eigenvalue weighted by Crippen LogP contribution is 2.29. The van der Waals surface area contributed by atoms with Crippen LogP contribution in [-0.4, -0.2) is 43.5 Å². The zero-order valence-electron chi connectivity index (χ0n) is 14.8. The molecular weight excluding hydrogens is 308 g/mol. The summed E-state index contributed by atoms with van der Waals surface area (Å²) in [5, 5.41) is 3.00. The highest BCUT2D eigenvalue weighted by molar-refractivity contribution is 5.88. The van der Waals surface area contributed by atoms with E-state index in [-0.39, 0.29) is 17.9 Å². The number of methoxy groups -OCH3 is 2. The average molecular weight is 334 g/mol. The van der Waals surface area contributed by atoms with Crippen molar-refractivity contribution in [3.05, 3.63) is 23.8 Å². The van der Waals surface area contributed by atoms with E-state index in [0.29, 0.717) is 30.9 Å². The van der Waals surface area contributed by atoms with E-state index in [4.69, 9.17) is 9.47 Å². The number of rotatable bonds is 7. The molecule has 1 saturated heterocycles. The van der Waals surface area contributed by atoms with E-state index in [1.165, 1.54) is 0 Å². The van der Waals surface area contributed by atoms with Gasteiger partial charge >= 0.3 is 0 Å². The van der Waals surface area contributed by atoms with Crippen LogP contribution in [0.1, 0.15) is 44.7 Å². The van der Waals surface area contributed by atoms with Crippen LogP contribution in [0, 0.1) is 0 Å². The highest BCUT2D eigenvalue weighted by atomic mass is 16.5. The number of hydrogen-bond donors (Lipinski definition) is 1. The molecule has 0 unspecified atom stereocenters. The maximum absolute atomic E-state index is 12.7. The van der Waals surface area contributed by atoms with E-state index >= 15 is 0 Å². The van der Waals surface area contributed by atoms with Crippen LogP contribution >= 0.6 is 0 Å². The molecule has 6 nitrogen and oxygen atoms in total. The number of carbonyl (C=O) groups excluding carboxylic acids is 2. The van der Waals surface area contributed by atoms with E-state index in [0.717, 1.165) is 12.0 Å². The monoisotopic (exact) mass is 334 g/mol. The summed E-state index contributed by atoms with van der Waals surface area (Å²) in [5.74, 6) is 1.32. The maximum Gasteiger partial charge on any atom is 0.243 e. The molecule has 0 aromatic heterocycles. The molecule has 6 heteroatoms. The minimum absolute atomic E-state index is 0.0589. The Bertz CT molecular complexity index is 603. The Balaban J connectivity index is 2.14. The summed E-state index contributed by atoms with van der Waals surface area (Å²) >= 11 is 0. The van der Waals surface area contributed by atoms with Gasteiger partial charge in [-0.05, 0) is 38.0 Å². The fourth-order valence-corrected chi connectivity index (χ4v) is 3.11. The lowest BCUT2D eigenvalue weighted by molar-refractivity contribution is -0.137. The van der Waals surface area contributed by atoms with Crippen molar-refractivity contribution in [3.8, 4) is 11.5 Å². The van der Waals surface area contributed by atoms with Crippen LogP contribution in [-0.2, 0) is 9.59 Å². The van der Waals surface area contributed by atoms with Crippen LogP contribution in [0.4, 0.5) is 0 Å². The number of hydrogen-bond acceptors (Lipinski definition) is 4. The number of likely N-dealkylation sites (tertiary alicyclic amines) is 1. The van der Waals surface area contributed by atoms with Crippen molar-refractivity contribution < 1.29 is 19.1 Å². The van der Waals surface area contributed by atoms with Gasteiger partial charge < -0.3 is 19.7 Å². The van der Waals surface area contributed by atoms with Crippen LogP contribution in [0.2, 0.25) is 0 Å². The number of nitrogens with one attached hydrogen (secondary N) is 1. The summed E-state index contributed by atoms with van der Waals surface area (Å²) in [6.45, 7) is 4.47. The quantitative estimate of drug-likeness (QED) is 0.831. The molecule has 1 aliphatic rings. The fraction of sp³-hybridized carbons (Fsp3) is 0.556. The fourth-order valence-electron chi connectivity index (χ4n) is 3.11. The normalized spacial score (nSPS) is 16.7. The second-order valence-electron chi connectivity index (χ2n) is 5.95. The molecule has 0 aliphatic carbocycles. The zero-order valence-corrected chi connectivity index (χ0v) is 14.8. The third-order valence-corrected chi connectivity index (χ3v) is 4.44. The summed E-state index contributed by atoms with van der Waals surface area (Å²) in [4.78, 5) is 26.3. The molecule has 0 spiro atoms. The standard InChI is InChI=1S/C18H26N2O4/c1-5-15(20-10-6-7-17(20)21)18(22)19-12(2)14-11-13(23-3)8-9-16(14)24-4/h8-9,11-12,15H,5-7,10H2,1-4H3,(H,19,22)/t12-,15-/m1/s1. The smallest absolute Gasteiger partial charge is 0.243 e. The lowest BCUT2D eigenvalue weighted by Gasteiger charge is -2.27. The van der Waals surface area contributed by atoms with Crippen LogP contribution in [0.5, 0.6) is 11.5 Å². The lowest BCUT2D eigenvalue weighted by Crippen LogP contribution is -2.47. The molecule has 0 radical (unpaired) electrons. The first-order chi connectivity index (χ1) is 11.5. The first-order valence-electron chi connectivity index (χ1n) is 8.33. The molecule has 0 saturated carbocycles. The number of amides is 2. The van der Waals surface area contributed by atoms with Crippen molar-refractivity contribution in [3.63, 3.8) is 0 Å². The van der Waals surface area contributed by atoms with Gasteiger partial charge in [-0.3, -0.25) is 9.59 Å². The minimum Gasteiger partial charge on any atom is -0.497 e. The van der Waals surface area contributed by atoms with Gasteiger partial charge in [-0.1, -0.05) is 6.92 Å². The Labute approximate surface area is 143 Å². The summed E-state index contributed by atoms with van der Waals surface area (Å²) in [7, 11) is 3.19. The topological polar surface area (TPSA) is 67.9 Å². The first kappa shape index (κ1) is 18.1. The highest BCUT2D eigenvalue weighted by Gasteiger charge is 2.32. The predicted molar refractivity (Wildman–Crippen MR) is 91.1 cm³/mol. The number of nitrogens with zero attached hydrogens (tertiary/aromatic N) is 1. The van der Waals surface area contributed by atoms with Crippen molar-refractivity contribution in [2.75, 3.05) is 20.8 Å². The molecule has 2 atom stereocenters. The summed E-state index contributed by atoms with van der Waals surface area (Å²) in [6, 6.07) is 4.81. The summed E-state index contributed by atoms with van der Waals surface area (Å²) < 4.78 is 10.6. The van der Waals surface area contributed by atoms with Gasteiger partial charge in [-0.2, -0.15) is 0 Å². The number of ether oxygens (including phenoxy) is 2. The molecule has 2 amide bonds. The van der Waals surface area contributed by atoms with Crippen LogP contribution in [0.25, 0.3) is 0 Å². The van der Waals surface area contributed by atoms with Gasteiger partial charge in [0.1, 0.15) is 17.5 Å². The van der Waals surface area contributed by atoms with Gasteiger partial charge in [0, 0.05) is 18.5 Å². The minimum atomic E-state index is -0.418. The SMILES string of the molecule is CC[C@H](C(=O)N[C@H](C)c1cc(OC)ccc1OC)N1CCCC1=O. The van der Waals surface area contributed by atoms with Crippen molar-refractivity contribution in [2.24, 2.45) is 0 Å². The van der Waals surface area contributed by atoms with Crippen LogP contribution < -0.4 is 14.8 Å². The molecule has 1 heterocycles. The second-order valence-corrected chi connectivity index (χ2v) is 5.95. The van der Waals surface area contributed by atoms with E-state index in [1.807, 2.05) is 32.0 Å². The van der Waals surface area contributed by atoms with E-state index in [1.54, 1.807) is 19.1 Å². The van der Waals surface area contributed by atoms with Crippen molar-refractivity contribution in [1.29, 1.82) is 0 Å². The molecule has 1 fully saturated rings. The molecule has 0 bridgehead atoms. The summed E-state index contributed by atoms with van der Waals surface area (Å²) in [5.41, 5.74) is 0.841.